The van der Waals surface area contributed by atoms with E-state index < -0.39 is 0 Å². The van der Waals surface area contributed by atoms with Gasteiger partial charge in [-0.3, -0.25) is 0 Å². The van der Waals surface area contributed by atoms with Crippen molar-refractivity contribution in [3.05, 3.63) is 0 Å². The third kappa shape index (κ3) is 5.85. The summed E-state index contributed by atoms with van der Waals surface area (Å²) >= 11 is 0. The van der Waals surface area contributed by atoms with Crippen LogP contribution in [0.1, 0.15) is 85.0 Å². The minimum atomic E-state index is 0.775. The van der Waals surface area contributed by atoms with Gasteiger partial charge in [0.15, 0.2) is 0 Å². The van der Waals surface area contributed by atoms with Crippen LogP contribution in [0.4, 0.5) is 0 Å². The molecule has 1 aliphatic rings. The van der Waals surface area contributed by atoms with E-state index in [1.165, 1.54) is 64.2 Å². The highest BCUT2D eigenvalue weighted by molar-refractivity contribution is 4.82. The topological polar surface area (TPSA) is 12.0 Å². The molecule has 1 atom stereocenters. The Hall–Kier alpha value is -0.0400. The van der Waals surface area contributed by atoms with Gasteiger partial charge in [0.25, 0.3) is 0 Å². The van der Waals surface area contributed by atoms with Crippen molar-refractivity contribution in [3.63, 3.8) is 0 Å². The molecule has 0 radical (unpaired) electrons. The minimum Gasteiger partial charge on any atom is -0.317 e. The first-order valence-corrected chi connectivity index (χ1v) is 8.92. The van der Waals surface area contributed by atoms with E-state index in [2.05, 4.69) is 33.1 Å². The highest BCUT2D eigenvalue weighted by atomic mass is 14.9. The average molecular weight is 268 g/mol. The average Bonchev–Trinajstić information content (AvgIpc) is 2.47. The zero-order valence-corrected chi connectivity index (χ0v) is 13.9. The van der Waals surface area contributed by atoms with Gasteiger partial charge in [-0.05, 0) is 44.1 Å². The molecule has 0 aliphatic heterocycles. The molecule has 0 saturated heterocycles. The van der Waals surface area contributed by atoms with E-state index >= 15 is 0 Å². The van der Waals surface area contributed by atoms with Crippen molar-refractivity contribution < 1.29 is 0 Å². The van der Waals surface area contributed by atoms with E-state index in [0.29, 0.717) is 0 Å². The number of nitrogens with one attached hydrogen (secondary N) is 1. The highest BCUT2D eigenvalue weighted by Gasteiger charge is 2.27. The van der Waals surface area contributed by atoms with Crippen LogP contribution in [0, 0.1) is 17.8 Å². The summed E-state index contributed by atoms with van der Waals surface area (Å²) in [5.41, 5.74) is 0. The summed E-state index contributed by atoms with van der Waals surface area (Å²) in [6.07, 6.45) is 14.3. The van der Waals surface area contributed by atoms with Gasteiger partial charge in [0.05, 0.1) is 0 Å². The van der Waals surface area contributed by atoms with Crippen LogP contribution < -0.4 is 5.32 Å². The third-order valence-corrected chi connectivity index (χ3v) is 5.54. The molecule has 1 unspecified atom stereocenters. The highest BCUT2D eigenvalue weighted by Crippen LogP contribution is 2.35. The van der Waals surface area contributed by atoms with Crippen LogP contribution in [0.15, 0.2) is 0 Å². The number of rotatable bonds is 9. The Morgan fingerprint density at radius 3 is 2.11 bits per heavy atom. The molecule has 114 valence electrons. The van der Waals surface area contributed by atoms with Gasteiger partial charge in [-0.1, -0.05) is 65.7 Å². The van der Waals surface area contributed by atoms with E-state index in [9.17, 15) is 0 Å². The Balaban J connectivity index is 2.34. The molecule has 1 fully saturated rings. The minimum absolute atomic E-state index is 0.775. The zero-order valence-electron chi connectivity index (χ0n) is 13.9. The molecular weight excluding hydrogens is 230 g/mol. The van der Waals surface area contributed by atoms with Gasteiger partial charge in [0.1, 0.15) is 0 Å². The predicted octanol–water partition coefficient (Wildman–Crippen LogP) is 5.40. The molecule has 19 heavy (non-hydrogen) atoms. The Labute approximate surface area is 121 Å². The third-order valence-electron chi connectivity index (χ3n) is 5.54. The lowest BCUT2D eigenvalue weighted by Gasteiger charge is -2.35. The largest absolute Gasteiger partial charge is 0.317 e. The summed E-state index contributed by atoms with van der Waals surface area (Å²) in [7, 11) is 2.18. The van der Waals surface area contributed by atoms with Gasteiger partial charge in [-0.2, -0.15) is 0 Å². The summed E-state index contributed by atoms with van der Waals surface area (Å²) in [6, 6.07) is 0.775. The van der Waals surface area contributed by atoms with Gasteiger partial charge >= 0.3 is 0 Å². The molecule has 0 aromatic heterocycles. The predicted molar refractivity (Wildman–Crippen MR) is 86.5 cm³/mol. The van der Waals surface area contributed by atoms with Crippen LogP contribution in [-0.4, -0.2) is 13.1 Å². The van der Waals surface area contributed by atoms with Crippen LogP contribution in [0.3, 0.4) is 0 Å². The fourth-order valence-corrected chi connectivity index (χ4v) is 3.90. The van der Waals surface area contributed by atoms with Gasteiger partial charge in [0.2, 0.25) is 0 Å². The molecule has 1 nitrogen and oxygen atoms in total. The molecule has 1 saturated carbocycles. The number of hydrogen-bond donors (Lipinski definition) is 1. The summed E-state index contributed by atoms with van der Waals surface area (Å²) in [5.74, 6) is 2.92. The maximum atomic E-state index is 3.63. The number of hydrogen-bond acceptors (Lipinski definition) is 1. The molecule has 0 aromatic rings. The van der Waals surface area contributed by atoms with Crippen molar-refractivity contribution in [3.8, 4) is 0 Å². The maximum absolute atomic E-state index is 3.63. The number of unbranched alkanes of at least 4 members (excludes halogenated alkanes) is 1. The molecule has 0 amide bonds. The summed E-state index contributed by atoms with van der Waals surface area (Å²) < 4.78 is 0. The molecule has 0 bridgehead atoms. The second-order valence-corrected chi connectivity index (χ2v) is 6.74. The second-order valence-electron chi connectivity index (χ2n) is 6.74. The molecule has 1 N–H and O–H groups in total. The smallest absolute Gasteiger partial charge is 0.00949 e. The molecule has 1 rings (SSSR count). The van der Waals surface area contributed by atoms with Crippen LogP contribution in [0.2, 0.25) is 0 Å². The van der Waals surface area contributed by atoms with Crippen molar-refractivity contribution in [1.29, 1.82) is 0 Å². The van der Waals surface area contributed by atoms with E-state index in [4.69, 9.17) is 0 Å². The maximum Gasteiger partial charge on any atom is 0.00949 e. The summed E-state index contributed by atoms with van der Waals surface area (Å²) in [5, 5.41) is 3.63. The van der Waals surface area contributed by atoms with E-state index in [-0.39, 0.29) is 0 Å². The van der Waals surface area contributed by atoms with E-state index in [0.717, 1.165) is 23.8 Å². The molecule has 1 aliphatic carbocycles. The first kappa shape index (κ1) is 17.0. The normalized spacial score (nSPS) is 25.7. The van der Waals surface area contributed by atoms with Crippen LogP contribution in [-0.2, 0) is 0 Å². The monoisotopic (exact) mass is 267 g/mol. The van der Waals surface area contributed by atoms with Gasteiger partial charge < -0.3 is 5.32 Å². The molecular formula is C18H37N. The lowest BCUT2D eigenvalue weighted by Crippen LogP contribution is -2.37. The van der Waals surface area contributed by atoms with Crippen molar-refractivity contribution in [2.24, 2.45) is 17.8 Å². The van der Waals surface area contributed by atoms with Crippen LogP contribution in [0.25, 0.3) is 0 Å². The quantitative estimate of drug-likeness (QED) is 0.590. The van der Waals surface area contributed by atoms with Gasteiger partial charge in [-0.15, -0.1) is 0 Å². The lowest BCUT2D eigenvalue weighted by atomic mass is 9.74. The Kier molecular flexibility index (Phi) is 8.77. The lowest BCUT2D eigenvalue weighted by molar-refractivity contribution is 0.195. The van der Waals surface area contributed by atoms with Crippen molar-refractivity contribution in [2.45, 2.75) is 91.0 Å². The zero-order chi connectivity index (χ0) is 14.1. The standard InChI is InChI=1S/C18H37N/c1-5-8-9-16-10-12-17(13-11-16)18(19-4)14-15(6-2)7-3/h15-19H,5-14H2,1-4H3. The van der Waals surface area contributed by atoms with Crippen molar-refractivity contribution in [2.75, 3.05) is 7.05 Å². The summed E-state index contributed by atoms with van der Waals surface area (Å²) in [4.78, 5) is 0. The SMILES string of the molecule is CCCCC1CCC(C(CC(CC)CC)NC)CC1. The van der Waals surface area contributed by atoms with Gasteiger partial charge in [-0.25, -0.2) is 0 Å². The molecule has 0 heterocycles. The molecule has 0 spiro atoms. The van der Waals surface area contributed by atoms with Crippen LogP contribution in [0.5, 0.6) is 0 Å². The fourth-order valence-electron chi connectivity index (χ4n) is 3.90. The molecule has 1 heteroatoms. The molecule has 0 aromatic carbocycles. The Morgan fingerprint density at radius 2 is 1.63 bits per heavy atom. The van der Waals surface area contributed by atoms with Crippen molar-refractivity contribution in [1.82, 2.24) is 5.32 Å². The fraction of sp³-hybridized carbons (Fsp3) is 1.00. The van der Waals surface area contributed by atoms with E-state index in [1.807, 2.05) is 0 Å². The summed E-state index contributed by atoms with van der Waals surface area (Å²) in [6.45, 7) is 7.02. The Bertz CT molecular complexity index is 202. The first-order valence-electron chi connectivity index (χ1n) is 8.92. The second kappa shape index (κ2) is 9.80. The Morgan fingerprint density at radius 1 is 1.00 bits per heavy atom. The first-order chi connectivity index (χ1) is 9.24. The van der Waals surface area contributed by atoms with Crippen LogP contribution >= 0.6 is 0 Å². The van der Waals surface area contributed by atoms with E-state index in [1.54, 1.807) is 0 Å². The van der Waals surface area contributed by atoms with Crippen molar-refractivity contribution >= 4 is 0 Å². The van der Waals surface area contributed by atoms with Gasteiger partial charge in [0, 0.05) is 6.04 Å².